The van der Waals surface area contributed by atoms with Crippen molar-refractivity contribution in [3.63, 3.8) is 0 Å². The highest BCUT2D eigenvalue weighted by Gasteiger charge is 2.08. The molecule has 0 heterocycles. The minimum absolute atomic E-state index is 0.459. The van der Waals surface area contributed by atoms with E-state index in [4.69, 9.17) is 5.11 Å². The van der Waals surface area contributed by atoms with Crippen LogP contribution in [0.3, 0.4) is 0 Å². The average Bonchev–Trinajstić information content (AvgIpc) is 1.97. The molecule has 0 bridgehead atoms. The van der Waals surface area contributed by atoms with Gasteiger partial charge in [-0.3, -0.25) is 0 Å². The Morgan fingerprint density at radius 2 is 2.25 bits per heavy atom. The van der Waals surface area contributed by atoms with E-state index in [9.17, 15) is 4.79 Å². The van der Waals surface area contributed by atoms with Gasteiger partial charge in [-0.25, -0.2) is 4.79 Å². The number of nitrogens with one attached hydrogen (secondary N) is 1. The number of hydrogen-bond donors (Lipinski definition) is 2. The lowest BCUT2D eigenvalue weighted by molar-refractivity contribution is -0.159. The smallest absolute Gasteiger partial charge is 0.353 e. The van der Waals surface area contributed by atoms with Crippen LogP contribution in [-0.2, 0) is 9.63 Å². The predicted molar refractivity (Wildman–Crippen MR) is 45.2 cm³/mol. The van der Waals surface area contributed by atoms with Crippen molar-refractivity contribution in [3.8, 4) is 0 Å². The van der Waals surface area contributed by atoms with Gasteiger partial charge in [0.25, 0.3) is 0 Å². The monoisotopic (exact) mass is 173 g/mol. The van der Waals surface area contributed by atoms with E-state index < -0.39 is 12.1 Å². The number of carbonyl (C=O) groups is 1. The van der Waals surface area contributed by atoms with Crippen LogP contribution in [0.15, 0.2) is 11.6 Å². The first-order valence-corrected chi connectivity index (χ1v) is 3.79. The molecule has 0 rings (SSSR count). The molecular formula is C8H15NO3. The molecule has 0 saturated carbocycles. The molecule has 1 atom stereocenters. The van der Waals surface area contributed by atoms with E-state index in [1.54, 1.807) is 0 Å². The summed E-state index contributed by atoms with van der Waals surface area (Å²) in [6, 6.07) is 0. The topological polar surface area (TPSA) is 58.6 Å². The maximum Gasteiger partial charge on any atom is 0.353 e. The summed E-state index contributed by atoms with van der Waals surface area (Å²) in [5.41, 5.74) is 3.55. The quantitative estimate of drug-likeness (QED) is 0.366. The zero-order valence-electron chi connectivity index (χ0n) is 7.63. The summed E-state index contributed by atoms with van der Waals surface area (Å²) < 4.78 is 0. The number of carbonyl (C=O) groups excluding carboxylic acids is 1. The van der Waals surface area contributed by atoms with E-state index in [-0.39, 0.29) is 0 Å². The second-order valence-corrected chi connectivity index (χ2v) is 2.73. The molecule has 0 saturated heterocycles. The van der Waals surface area contributed by atoms with Crippen LogP contribution in [0.2, 0.25) is 0 Å². The fourth-order valence-electron chi connectivity index (χ4n) is 0.444. The van der Waals surface area contributed by atoms with E-state index in [1.807, 2.05) is 19.9 Å². The maximum atomic E-state index is 10.6. The van der Waals surface area contributed by atoms with E-state index >= 15 is 0 Å². The van der Waals surface area contributed by atoms with Crippen molar-refractivity contribution >= 4 is 5.97 Å². The van der Waals surface area contributed by atoms with Crippen molar-refractivity contribution in [2.24, 2.45) is 0 Å². The SMILES string of the molecule is CC(C)=CCNOC(=O)C(C)O. The van der Waals surface area contributed by atoms with Crippen LogP contribution in [0.4, 0.5) is 0 Å². The maximum absolute atomic E-state index is 10.6. The lowest BCUT2D eigenvalue weighted by Gasteiger charge is -2.04. The molecule has 0 aliphatic heterocycles. The molecule has 0 fully saturated rings. The summed E-state index contributed by atoms with van der Waals surface area (Å²) in [5, 5.41) is 8.70. The third kappa shape index (κ3) is 5.88. The normalized spacial score (nSPS) is 12.0. The van der Waals surface area contributed by atoms with Crippen molar-refractivity contribution in [2.75, 3.05) is 6.54 Å². The van der Waals surface area contributed by atoms with Gasteiger partial charge in [0.2, 0.25) is 0 Å². The van der Waals surface area contributed by atoms with Gasteiger partial charge in [-0.15, -0.1) is 5.48 Å². The van der Waals surface area contributed by atoms with E-state index in [0.29, 0.717) is 6.54 Å². The molecule has 0 radical (unpaired) electrons. The van der Waals surface area contributed by atoms with Crippen LogP contribution in [0, 0.1) is 0 Å². The number of rotatable bonds is 4. The molecule has 12 heavy (non-hydrogen) atoms. The summed E-state index contributed by atoms with van der Waals surface area (Å²) in [6.07, 6.45) is 0.791. The molecule has 0 aromatic rings. The van der Waals surface area contributed by atoms with Crippen LogP contribution in [0.5, 0.6) is 0 Å². The fourth-order valence-corrected chi connectivity index (χ4v) is 0.444. The van der Waals surface area contributed by atoms with Crippen LogP contribution in [0.1, 0.15) is 20.8 Å². The molecule has 0 spiro atoms. The van der Waals surface area contributed by atoms with Crippen molar-refractivity contribution in [1.29, 1.82) is 0 Å². The van der Waals surface area contributed by atoms with Gasteiger partial charge < -0.3 is 9.94 Å². The van der Waals surface area contributed by atoms with Gasteiger partial charge in [0, 0.05) is 0 Å². The first kappa shape index (κ1) is 11.1. The zero-order valence-corrected chi connectivity index (χ0v) is 7.63. The minimum Gasteiger partial charge on any atom is -0.382 e. The van der Waals surface area contributed by atoms with E-state index in [1.165, 1.54) is 6.92 Å². The molecular weight excluding hydrogens is 158 g/mol. The molecule has 70 valence electrons. The average molecular weight is 173 g/mol. The van der Waals surface area contributed by atoms with Crippen molar-refractivity contribution < 1.29 is 14.7 Å². The molecule has 2 N–H and O–H groups in total. The number of hydroxylamine groups is 1. The van der Waals surface area contributed by atoms with Crippen molar-refractivity contribution in [1.82, 2.24) is 5.48 Å². The van der Waals surface area contributed by atoms with Crippen LogP contribution < -0.4 is 5.48 Å². The highest BCUT2D eigenvalue weighted by Crippen LogP contribution is 1.86. The summed E-state index contributed by atoms with van der Waals surface area (Å²) in [7, 11) is 0. The van der Waals surface area contributed by atoms with E-state index in [0.717, 1.165) is 5.57 Å². The summed E-state index contributed by atoms with van der Waals surface area (Å²) in [6.45, 7) is 5.70. The Balaban J connectivity index is 3.45. The number of aliphatic hydroxyl groups is 1. The first-order valence-electron chi connectivity index (χ1n) is 3.79. The van der Waals surface area contributed by atoms with Crippen molar-refractivity contribution in [3.05, 3.63) is 11.6 Å². The summed E-state index contributed by atoms with van der Waals surface area (Å²) in [4.78, 5) is 15.1. The van der Waals surface area contributed by atoms with Gasteiger partial charge in [0.1, 0.15) is 0 Å². The highest BCUT2D eigenvalue weighted by molar-refractivity contribution is 5.73. The van der Waals surface area contributed by atoms with Gasteiger partial charge in [0.15, 0.2) is 6.10 Å². The second-order valence-electron chi connectivity index (χ2n) is 2.73. The lowest BCUT2D eigenvalue weighted by atomic mass is 10.3. The molecule has 4 heteroatoms. The Kier molecular flexibility index (Phi) is 5.32. The minimum atomic E-state index is -1.08. The molecule has 0 aliphatic carbocycles. The number of allylic oxidation sites excluding steroid dienone is 1. The van der Waals surface area contributed by atoms with Crippen molar-refractivity contribution in [2.45, 2.75) is 26.9 Å². The Labute approximate surface area is 72.2 Å². The molecule has 0 aliphatic rings. The first-order chi connectivity index (χ1) is 5.54. The summed E-state index contributed by atoms with van der Waals surface area (Å²) >= 11 is 0. The van der Waals surface area contributed by atoms with Gasteiger partial charge in [0.05, 0.1) is 6.54 Å². The Morgan fingerprint density at radius 3 is 2.67 bits per heavy atom. The Hall–Kier alpha value is -0.870. The molecule has 0 aromatic carbocycles. The van der Waals surface area contributed by atoms with Gasteiger partial charge >= 0.3 is 5.97 Å². The molecule has 4 nitrogen and oxygen atoms in total. The van der Waals surface area contributed by atoms with Gasteiger partial charge in [-0.05, 0) is 20.8 Å². The van der Waals surface area contributed by atoms with Gasteiger partial charge in [-0.2, -0.15) is 0 Å². The third-order valence-corrected chi connectivity index (χ3v) is 1.11. The van der Waals surface area contributed by atoms with E-state index in [2.05, 4.69) is 10.3 Å². The third-order valence-electron chi connectivity index (χ3n) is 1.11. The predicted octanol–water partition coefficient (Wildman–Crippen LogP) is 0.381. The second kappa shape index (κ2) is 5.74. The molecule has 0 amide bonds. The van der Waals surface area contributed by atoms with Crippen LogP contribution in [-0.4, -0.2) is 23.7 Å². The zero-order chi connectivity index (χ0) is 9.56. The van der Waals surface area contributed by atoms with Gasteiger partial charge in [-0.1, -0.05) is 11.6 Å². The van der Waals surface area contributed by atoms with Crippen LogP contribution in [0.25, 0.3) is 0 Å². The standard InChI is InChI=1S/C8H15NO3/c1-6(2)4-5-9-12-8(11)7(3)10/h4,7,9-10H,5H2,1-3H3. The number of hydrogen-bond acceptors (Lipinski definition) is 4. The Morgan fingerprint density at radius 1 is 1.67 bits per heavy atom. The fraction of sp³-hybridized carbons (Fsp3) is 0.625. The van der Waals surface area contributed by atoms with Crippen LogP contribution >= 0.6 is 0 Å². The Bertz CT molecular complexity index is 171. The lowest BCUT2D eigenvalue weighted by Crippen LogP contribution is -2.27. The molecule has 0 aromatic heterocycles. The molecule has 1 unspecified atom stereocenters. The summed E-state index contributed by atoms with van der Waals surface area (Å²) in [5.74, 6) is -0.669. The largest absolute Gasteiger partial charge is 0.382 e. The number of aliphatic hydroxyl groups excluding tert-OH is 1. The highest BCUT2D eigenvalue weighted by atomic mass is 16.7.